The molecule has 1 aromatic rings. The molecule has 24 heavy (non-hydrogen) atoms. The van der Waals surface area contributed by atoms with Crippen LogP contribution in [0.4, 0.5) is 4.39 Å². The third-order valence-corrected chi connectivity index (χ3v) is 5.39. The zero-order valence-corrected chi connectivity index (χ0v) is 15.4. The Balaban J connectivity index is 1.93. The number of hydrogen-bond donors (Lipinski definition) is 0. The fourth-order valence-corrected chi connectivity index (χ4v) is 4.14. The SMILES string of the molecule is CCOC(=O)[C@@H]1CCC2CC(c3c(Br)ccc(Cl)c3F)=CC(=O)N21. The third kappa shape index (κ3) is 2.97. The zero-order valence-electron chi connectivity index (χ0n) is 13.0. The monoisotopic (exact) mass is 415 g/mol. The Hall–Kier alpha value is -1.40. The first kappa shape index (κ1) is 17.4. The Morgan fingerprint density at radius 1 is 1.46 bits per heavy atom. The van der Waals surface area contributed by atoms with Crippen molar-refractivity contribution >= 4 is 45.0 Å². The minimum absolute atomic E-state index is 0.0137. The van der Waals surface area contributed by atoms with Gasteiger partial charge in [-0.1, -0.05) is 27.5 Å². The molecule has 0 aromatic heterocycles. The lowest BCUT2D eigenvalue weighted by Gasteiger charge is -2.33. The van der Waals surface area contributed by atoms with Crippen molar-refractivity contribution in [3.8, 4) is 0 Å². The molecule has 4 nitrogen and oxygen atoms in total. The maximum Gasteiger partial charge on any atom is 0.328 e. The maximum absolute atomic E-state index is 14.4. The first-order valence-electron chi connectivity index (χ1n) is 7.77. The normalized spacial score (nSPS) is 23.1. The highest BCUT2D eigenvalue weighted by atomic mass is 79.9. The number of rotatable bonds is 3. The Bertz CT molecular complexity index is 737. The summed E-state index contributed by atoms with van der Waals surface area (Å²) in [4.78, 5) is 26.2. The Kier molecular flexibility index (Phi) is 4.97. The minimum atomic E-state index is -0.548. The molecule has 7 heteroatoms. The second-order valence-corrected chi connectivity index (χ2v) is 7.10. The summed E-state index contributed by atoms with van der Waals surface area (Å²) in [5, 5.41) is 0.0137. The lowest BCUT2D eigenvalue weighted by Crippen LogP contribution is -2.46. The number of halogens is 3. The molecule has 2 aliphatic rings. The van der Waals surface area contributed by atoms with E-state index in [0.717, 1.165) is 0 Å². The topological polar surface area (TPSA) is 46.6 Å². The molecule has 1 saturated heterocycles. The van der Waals surface area contributed by atoms with Crippen molar-refractivity contribution in [1.29, 1.82) is 0 Å². The van der Waals surface area contributed by atoms with Crippen molar-refractivity contribution in [1.82, 2.24) is 4.90 Å². The van der Waals surface area contributed by atoms with Gasteiger partial charge in [0.15, 0.2) is 0 Å². The van der Waals surface area contributed by atoms with Crippen LogP contribution < -0.4 is 0 Å². The van der Waals surface area contributed by atoms with Gasteiger partial charge in [0.25, 0.3) is 0 Å². The second kappa shape index (κ2) is 6.84. The Morgan fingerprint density at radius 2 is 2.21 bits per heavy atom. The summed E-state index contributed by atoms with van der Waals surface area (Å²) in [7, 11) is 0. The predicted molar refractivity (Wildman–Crippen MR) is 92.0 cm³/mol. The molecule has 1 amide bonds. The van der Waals surface area contributed by atoms with E-state index in [1.165, 1.54) is 12.1 Å². The molecule has 1 unspecified atom stereocenters. The molecule has 128 valence electrons. The van der Waals surface area contributed by atoms with Gasteiger partial charge in [-0.2, -0.15) is 0 Å². The molecule has 0 aliphatic carbocycles. The highest BCUT2D eigenvalue weighted by Gasteiger charge is 2.43. The van der Waals surface area contributed by atoms with E-state index in [-0.39, 0.29) is 29.5 Å². The van der Waals surface area contributed by atoms with E-state index in [2.05, 4.69) is 15.9 Å². The number of carbonyl (C=O) groups excluding carboxylic acids is 2. The molecule has 2 atom stereocenters. The molecule has 0 N–H and O–H groups in total. The quantitative estimate of drug-likeness (QED) is 0.554. The molecular weight excluding hydrogens is 401 g/mol. The zero-order chi connectivity index (χ0) is 17.4. The molecule has 1 aromatic carbocycles. The summed E-state index contributed by atoms with van der Waals surface area (Å²) in [5.74, 6) is -1.21. The van der Waals surface area contributed by atoms with Gasteiger partial charge in [0.2, 0.25) is 5.91 Å². The van der Waals surface area contributed by atoms with Gasteiger partial charge in [-0.15, -0.1) is 0 Å². The van der Waals surface area contributed by atoms with Crippen LogP contribution in [0.15, 0.2) is 22.7 Å². The van der Waals surface area contributed by atoms with Gasteiger partial charge in [0.05, 0.1) is 11.6 Å². The first-order valence-corrected chi connectivity index (χ1v) is 8.94. The van der Waals surface area contributed by atoms with Gasteiger partial charge < -0.3 is 9.64 Å². The summed E-state index contributed by atoms with van der Waals surface area (Å²) in [6.07, 6.45) is 3.13. The van der Waals surface area contributed by atoms with Crippen LogP contribution in [0.5, 0.6) is 0 Å². The number of esters is 1. The molecular formula is C17H16BrClFNO3. The number of amides is 1. The van der Waals surface area contributed by atoms with Crippen LogP contribution in [0, 0.1) is 5.82 Å². The second-order valence-electron chi connectivity index (χ2n) is 5.84. The number of fused-ring (bicyclic) bond motifs is 1. The lowest BCUT2D eigenvalue weighted by atomic mass is 9.93. The van der Waals surface area contributed by atoms with E-state index in [4.69, 9.17) is 16.3 Å². The van der Waals surface area contributed by atoms with Crippen molar-refractivity contribution < 1.29 is 18.7 Å². The molecule has 0 radical (unpaired) electrons. The largest absolute Gasteiger partial charge is 0.464 e. The van der Waals surface area contributed by atoms with E-state index >= 15 is 0 Å². The standard InChI is InChI=1S/C17H16BrClFNO3/c1-2-24-17(23)13-6-3-10-7-9(8-14(22)21(10)13)15-11(18)4-5-12(19)16(15)20/h4-5,8,10,13H,2-3,6-7H2,1H3/t10?,13-/m0/s1. The lowest BCUT2D eigenvalue weighted by molar-refractivity contribution is -0.152. The van der Waals surface area contributed by atoms with Crippen LogP contribution in [-0.4, -0.2) is 35.5 Å². The van der Waals surface area contributed by atoms with Crippen LogP contribution in [0.2, 0.25) is 5.02 Å². The van der Waals surface area contributed by atoms with Crippen LogP contribution in [0.1, 0.15) is 31.7 Å². The summed E-state index contributed by atoms with van der Waals surface area (Å²) < 4.78 is 20.0. The number of hydrogen-bond acceptors (Lipinski definition) is 3. The van der Waals surface area contributed by atoms with Crippen molar-refractivity contribution in [3.05, 3.63) is 39.1 Å². The van der Waals surface area contributed by atoms with Crippen molar-refractivity contribution in [2.24, 2.45) is 0 Å². The minimum Gasteiger partial charge on any atom is -0.464 e. The molecule has 0 saturated carbocycles. The number of carbonyl (C=O) groups is 2. The van der Waals surface area contributed by atoms with Crippen LogP contribution in [0.3, 0.4) is 0 Å². The highest BCUT2D eigenvalue weighted by molar-refractivity contribution is 9.10. The van der Waals surface area contributed by atoms with Gasteiger partial charge >= 0.3 is 5.97 Å². The van der Waals surface area contributed by atoms with E-state index < -0.39 is 11.9 Å². The van der Waals surface area contributed by atoms with Gasteiger partial charge in [-0.05, 0) is 43.9 Å². The average Bonchev–Trinajstić information content (AvgIpc) is 2.96. The molecule has 2 aliphatic heterocycles. The van der Waals surface area contributed by atoms with Crippen molar-refractivity contribution in [2.45, 2.75) is 38.3 Å². The number of benzene rings is 1. The molecule has 3 rings (SSSR count). The molecule has 0 spiro atoms. The smallest absolute Gasteiger partial charge is 0.328 e. The number of ether oxygens (including phenoxy) is 1. The Morgan fingerprint density at radius 3 is 2.92 bits per heavy atom. The van der Waals surface area contributed by atoms with E-state index in [1.807, 2.05) is 0 Å². The van der Waals surface area contributed by atoms with E-state index in [1.54, 1.807) is 17.9 Å². The van der Waals surface area contributed by atoms with E-state index in [0.29, 0.717) is 34.9 Å². The van der Waals surface area contributed by atoms with Crippen LogP contribution in [-0.2, 0) is 14.3 Å². The summed E-state index contributed by atoms with van der Waals surface area (Å²) in [5.41, 5.74) is 0.910. The molecule has 1 fully saturated rings. The predicted octanol–water partition coefficient (Wildman–Crippen LogP) is 3.95. The van der Waals surface area contributed by atoms with Gasteiger partial charge in [0.1, 0.15) is 11.9 Å². The van der Waals surface area contributed by atoms with E-state index in [9.17, 15) is 14.0 Å². The average molecular weight is 417 g/mol. The van der Waals surface area contributed by atoms with Crippen molar-refractivity contribution in [3.63, 3.8) is 0 Å². The first-order chi connectivity index (χ1) is 11.4. The summed E-state index contributed by atoms with van der Waals surface area (Å²) in [6.45, 7) is 2.02. The highest BCUT2D eigenvalue weighted by Crippen LogP contribution is 2.40. The maximum atomic E-state index is 14.4. The molecule has 2 heterocycles. The molecule has 0 bridgehead atoms. The van der Waals surface area contributed by atoms with Crippen molar-refractivity contribution in [2.75, 3.05) is 6.61 Å². The third-order valence-electron chi connectivity index (χ3n) is 4.43. The Labute approximate surface area is 152 Å². The van der Waals surface area contributed by atoms with Crippen LogP contribution >= 0.6 is 27.5 Å². The van der Waals surface area contributed by atoms with Gasteiger partial charge in [-0.25, -0.2) is 9.18 Å². The van der Waals surface area contributed by atoms with Gasteiger partial charge in [-0.3, -0.25) is 4.79 Å². The van der Waals surface area contributed by atoms with Crippen LogP contribution in [0.25, 0.3) is 5.57 Å². The fourth-order valence-electron chi connectivity index (χ4n) is 3.42. The summed E-state index contributed by atoms with van der Waals surface area (Å²) >= 11 is 9.20. The van der Waals surface area contributed by atoms with Gasteiger partial charge in [0, 0.05) is 22.2 Å². The number of nitrogens with zero attached hydrogens (tertiary/aromatic N) is 1. The fraction of sp³-hybridized carbons (Fsp3) is 0.412. The summed E-state index contributed by atoms with van der Waals surface area (Å²) in [6, 6.07) is 2.45.